The van der Waals surface area contributed by atoms with Crippen LogP contribution in [0.2, 0.25) is 0 Å². The van der Waals surface area contributed by atoms with E-state index in [1.165, 1.54) is 30.4 Å². The molecule has 34 heavy (non-hydrogen) atoms. The van der Waals surface area contributed by atoms with Gasteiger partial charge in [0.15, 0.2) is 5.17 Å². The Morgan fingerprint density at radius 2 is 2.06 bits per heavy atom. The van der Waals surface area contributed by atoms with Gasteiger partial charge in [-0.1, -0.05) is 48.5 Å². The first-order valence-corrected chi connectivity index (χ1v) is 13.4. The van der Waals surface area contributed by atoms with Crippen molar-refractivity contribution in [3.8, 4) is 0 Å². The highest BCUT2D eigenvalue weighted by atomic mass is 32.2. The molecule has 0 bridgehead atoms. The molecule has 0 aromatic heterocycles. The normalized spacial score (nSPS) is 21.5. The highest BCUT2D eigenvalue weighted by Gasteiger charge is 2.27. The van der Waals surface area contributed by atoms with Crippen molar-refractivity contribution in [2.45, 2.75) is 69.3 Å². The van der Waals surface area contributed by atoms with Crippen molar-refractivity contribution in [3.05, 3.63) is 47.2 Å². The van der Waals surface area contributed by atoms with E-state index < -0.39 is 0 Å². The highest BCUT2D eigenvalue weighted by Crippen LogP contribution is 2.33. The summed E-state index contributed by atoms with van der Waals surface area (Å²) < 4.78 is 5.89. The lowest BCUT2D eigenvalue weighted by Crippen LogP contribution is -2.39. The quantitative estimate of drug-likeness (QED) is 0.229. The fourth-order valence-electron chi connectivity index (χ4n) is 4.52. The molecule has 184 valence electrons. The van der Waals surface area contributed by atoms with E-state index in [-0.39, 0.29) is 12.0 Å². The number of nitrogens with one attached hydrogen (secondary N) is 2. The molecule has 2 aliphatic heterocycles. The minimum Gasteiger partial charge on any atom is -0.378 e. The molecular weight excluding hydrogens is 448 g/mol. The van der Waals surface area contributed by atoms with Crippen molar-refractivity contribution in [2.24, 2.45) is 4.99 Å². The number of hydrogen-bond acceptors (Lipinski definition) is 6. The van der Waals surface area contributed by atoms with Gasteiger partial charge in [-0.15, -0.1) is 0 Å². The number of hydrogen-bond donors (Lipinski definition) is 2. The number of amidine groups is 1. The lowest BCUT2D eigenvalue weighted by Gasteiger charge is -2.31. The molecule has 2 N–H and O–H groups in total. The third kappa shape index (κ3) is 7.42. The van der Waals surface area contributed by atoms with Gasteiger partial charge in [0.2, 0.25) is 12.3 Å². The van der Waals surface area contributed by atoms with E-state index in [4.69, 9.17) is 9.73 Å². The molecule has 2 fully saturated rings. The third-order valence-electron chi connectivity index (χ3n) is 6.70. The molecule has 3 aliphatic rings. The third-order valence-corrected chi connectivity index (χ3v) is 7.93. The van der Waals surface area contributed by atoms with Crippen LogP contribution in [0.3, 0.4) is 0 Å². The summed E-state index contributed by atoms with van der Waals surface area (Å²) in [5, 5.41) is 7.40. The minimum absolute atomic E-state index is 0.170. The number of aliphatic imine (C=N–C) groups is 1. The Balaban J connectivity index is 1.37. The molecule has 1 atom stereocenters. The Bertz CT molecular complexity index is 879. The number of nitrogens with zero attached hydrogens (tertiary/aromatic N) is 2. The maximum Gasteiger partial charge on any atom is 0.224 e. The minimum atomic E-state index is 0.170. The lowest BCUT2D eigenvalue weighted by molar-refractivity contribution is -0.131. The van der Waals surface area contributed by atoms with E-state index in [2.05, 4.69) is 22.8 Å². The molecule has 0 spiro atoms. The number of amides is 2. The summed E-state index contributed by atoms with van der Waals surface area (Å²) in [6, 6.07) is 10.2. The number of benzene rings is 1. The van der Waals surface area contributed by atoms with Crippen LogP contribution in [0.1, 0.15) is 56.9 Å². The van der Waals surface area contributed by atoms with Crippen molar-refractivity contribution in [3.63, 3.8) is 0 Å². The van der Waals surface area contributed by atoms with E-state index in [0.717, 1.165) is 38.1 Å². The molecule has 1 saturated heterocycles. The van der Waals surface area contributed by atoms with E-state index in [1.807, 2.05) is 23.1 Å². The zero-order chi connectivity index (χ0) is 23.6. The standard InChI is InChI=1S/C26H36N4O3S/c31-19-28-26(34-23-9-4-10-23)29-24-12-14-30(18-21(24)16-22-8-5-15-33-22)25(32)11-13-27-17-20-6-2-1-3-7-20/h1-3,6-7,19,22-23,27H,4-5,8-18H2,(H,28,29,31)/t22-/m1/s1. The van der Waals surface area contributed by atoms with Crippen molar-refractivity contribution >= 4 is 29.2 Å². The van der Waals surface area contributed by atoms with Gasteiger partial charge in [-0.05, 0) is 43.2 Å². The van der Waals surface area contributed by atoms with Crippen LogP contribution in [0.4, 0.5) is 0 Å². The second-order valence-electron chi connectivity index (χ2n) is 9.22. The lowest BCUT2D eigenvalue weighted by atomic mass is 9.98. The molecule has 7 nitrogen and oxygen atoms in total. The SMILES string of the molecule is O=CNC(=NC1=C(C[C@H]2CCCO2)CN(C(=O)CCNCc2ccccc2)CC1)SC1CCC1. The zero-order valence-corrected chi connectivity index (χ0v) is 20.7. The summed E-state index contributed by atoms with van der Waals surface area (Å²) in [7, 11) is 0. The molecule has 0 radical (unpaired) electrons. The number of carbonyl (C=O) groups excluding carboxylic acids is 2. The van der Waals surface area contributed by atoms with Gasteiger partial charge >= 0.3 is 0 Å². The molecule has 8 heteroatoms. The molecule has 1 aliphatic carbocycles. The second-order valence-corrected chi connectivity index (χ2v) is 10.5. The topological polar surface area (TPSA) is 83.0 Å². The number of thioether (sulfide) groups is 1. The van der Waals surface area contributed by atoms with Crippen LogP contribution in [0.25, 0.3) is 0 Å². The fourth-order valence-corrected chi connectivity index (χ4v) is 5.69. The number of ether oxygens (including phenoxy) is 1. The average Bonchev–Trinajstić information content (AvgIpc) is 3.34. The Labute approximate surface area is 206 Å². The van der Waals surface area contributed by atoms with E-state index in [0.29, 0.717) is 49.3 Å². The fraction of sp³-hybridized carbons (Fsp3) is 0.577. The summed E-state index contributed by atoms with van der Waals surface area (Å²) >= 11 is 1.67. The first-order valence-electron chi connectivity index (χ1n) is 12.5. The van der Waals surface area contributed by atoms with Gasteiger partial charge in [-0.3, -0.25) is 9.59 Å². The Hall–Kier alpha value is -2.16. The molecular formula is C26H36N4O3S. The number of carbonyl (C=O) groups is 2. The molecule has 2 amide bonds. The van der Waals surface area contributed by atoms with Crippen molar-refractivity contribution < 1.29 is 14.3 Å². The van der Waals surface area contributed by atoms with Crippen LogP contribution >= 0.6 is 11.8 Å². The number of rotatable bonds is 10. The molecule has 0 unspecified atom stereocenters. The van der Waals surface area contributed by atoms with Crippen LogP contribution in [0.5, 0.6) is 0 Å². The largest absolute Gasteiger partial charge is 0.378 e. The molecule has 1 aromatic carbocycles. The predicted molar refractivity (Wildman–Crippen MR) is 136 cm³/mol. The van der Waals surface area contributed by atoms with Crippen molar-refractivity contribution in [1.29, 1.82) is 0 Å². The molecule has 2 heterocycles. The maximum absolute atomic E-state index is 12.9. The maximum atomic E-state index is 12.9. The summed E-state index contributed by atoms with van der Waals surface area (Å²) in [6.07, 6.45) is 8.63. The Morgan fingerprint density at radius 1 is 1.21 bits per heavy atom. The first kappa shape index (κ1) is 24.9. The summed E-state index contributed by atoms with van der Waals surface area (Å²) in [5.74, 6) is 0.170. The van der Waals surface area contributed by atoms with Gasteiger partial charge in [0.1, 0.15) is 0 Å². The predicted octanol–water partition coefficient (Wildman–Crippen LogP) is 3.61. The molecule has 1 aromatic rings. The van der Waals surface area contributed by atoms with Gasteiger partial charge in [-0.2, -0.15) is 0 Å². The van der Waals surface area contributed by atoms with Crippen LogP contribution in [0, 0.1) is 0 Å². The Morgan fingerprint density at radius 3 is 2.76 bits per heavy atom. The van der Waals surface area contributed by atoms with E-state index in [9.17, 15) is 9.59 Å². The zero-order valence-electron chi connectivity index (χ0n) is 19.8. The second kappa shape index (κ2) is 13.1. The Kier molecular flexibility index (Phi) is 9.59. The highest BCUT2D eigenvalue weighted by molar-refractivity contribution is 8.14. The average molecular weight is 485 g/mol. The van der Waals surface area contributed by atoms with Gasteiger partial charge in [0, 0.05) is 56.6 Å². The van der Waals surface area contributed by atoms with Crippen LogP contribution < -0.4 is 10.6 Å². The van der Waals surface area contributed by atoms with Crippen LogP contribution in [-0.2, 0) is 20.9 Å². The monoisotopic (exact) mass is 484 g/mol. The van der Waals surface area contributed by atoms with Crippen LogP contribution in [-0.4, -0.2) is 60.0 Å². The van der Waals surface area contributed by atoms with Crippen molar-refractivity contribution in [2.75, 3.05) is 26.2 Å². The van der Waals surface area contributed by atoms with Gasteiger partial charge in [0.25, 0.3) is 0 Å². The van der Waals surface area contributed by atoms with Crippen molar-refractivity contribution in [1.82, 2.24) is 15.5 Å². The summed E-state index contributed by atoms with van der Waals surface area (Å²) in [4.78, 5) is 31.0. The van der Waals surface area contributed by atoms with Crippen LogP contribution in [0.15, 0.2) is 46.6 Å². The van der Waals surface area contributed by atoms with Gasteiger partial charge < -0.3 is 20.3 Å². The summed E-state index contributed by atoms with van der Waals surface area (Å²) in [5.41, 5.74) is 3.40. The van der Waals surface area contributed by atoms with Gasteiger partial charge in [0.05, 0.1) is 6.10 Å². The molecule has 1 saturated carbocycles. The van der Waals surface area contributed by atoms with Gasteiger partial charge in [-0.25, -0.2) is 4.99 Å². The smallest absolute Gasteiger partial charge is 0.224 e. The van der Waals surface area contributed by atoms with E-state index in [1.54, 1.807) is 11.8 Å². The molecule has 4 rings (SSSR count). The van der Waals surface area contributed by atoms with E-state index >= 15 is 0 Å². The summed E-state index contributed by atoms with van der Waals surface area (Å²) in [6.45, 7) is 3.49. The first-order chi connectivity index (χ1) is 16.7.